The Hall–Kier alpha value is -2.36. The van der Waals surface area contributed by atoms with Crippen LogP contribution in [0.25, 0.3) is 11.1 Å². The van der Waals surface area contributed by atoms with Crippen molar-refractivity contribution >= 4 is 0 Å². The minimum absolute atomic E-state index is 0.679. The second kappa shape index (κ2) is 6.19. The summed E-state index contributed by atoms with van der Waals surface area (Å²) in [5.41, 5.74) is 1.83. The van der Waals surface area contributed by atoms with E-state index >= 15 is 0 Å². The number of hydrogen-bond acceptors (Lipinski definition) is 4. The average molecular weight is 274 g/mol. The third-order valence-electron chi connectivity index (χ3n) is 3.10. The lowest BCUT2D eigenvalue weighted by Gasteiger charge is -2.15. The van der Waals surface area contributed by atoms with Gasteiger partial charge in [-0.2, -0.15) is 0 Å². The predicted octanol–water partition coefficient (Wildman–Crippen LogP) is 3.39. The van der Waals surface area contributed by atoms with Crippen molar-refractivity contribution in [3.8, 4) is 34.1 Å². The van der Waals surface area contributed by atoms with Gasteiger partial charge < -0.3 is 18.9 Å². The largest absolute Gasteiger partial charge is 0.497 e. The molecule has 20 heavy (non-hydrogen) atoms. The molecular weight excluding hydrogens is 256 g/mol. The zero-order valence-corrected chi connectivity index (χ0v) is 12.1. The Kier molecular flexibility index (Phi) is 4.35. The fourth-order valence-corrected chi connectivity index (χ4v) is 2.12. The van der Waals surface area contributed by atoms with Gasteiger partial charge in [0.15, 0.2) is 11.5 Å². The summed E-state index contributed by atoms with van der Waals surface area (Å²) in [5.74, 6) is 2.82. The van der Waals surface area contributed by atoms with Crippen molar-refractivity contribution in [2.24, 2.45) is 0 Å². The third-order valence-corrected chi connectivity index (χ3v) is 3.10. The molecule has 2 aromatic rings. The van der Waals surface area contributed by atoms with Gasteiger partial charge in [-0.1, -0.05) is 12.1 Å². The zero-order chi connectivity index (χ0) is 14.5. The Morgan fingerprint density at radius 1 is 0.650 bits per heavy atom. The van der Waals surface area contributed by atoms with Crippen molar-refractivity contribution in [2.45, 2.75) is 0 Å². The van der Waals surface area contributed by atoms with E-state index in [0.29, 0.717) is 11.5 Å². The molecule has 0 saturated heterocycles. The van der Waals surface area contributed by atoms with E-state index in [0.717, 1.165) is 22.6 Å². The molecule has 0 aliphatic heterocycles. The van der Waals surface area contributed by atoms with Crippen LogP contribution in [0.5, 0.6) is 23.0 Å². The molecule has 4 nitrogen and oxygen atoms in total. The van der Waals surface area contributed by atoms with Gasteiger partial charge in [-0.25, -0.2) is 0 Å². The Labute approximate surface area is 118 Å². The van der Waals surface area contributed by atoms with Crippen LogP contribution in [0.2, 0.25) is 0 Å². The lowest BCUT2D eigenvalue weighted by molar-refractivity contribution is 0.355. The first-order valence-electron chi connectivity index (χ1n) is 6.18. The van der Waals surface area contributed by atoms with E-state index in [1.165, 1.54) is 0 Å². The molecule has 4 heteroatoms. The number of ether oxygens (including phenoxy) is 4. The maximum atomic E-state index is 5.47. The van der Waals surface area contributed by atoms with Crippen molar-refractivity contribution < 1.29 is 18.9 Å². The molecule has 0 N–H and O–H groups in total. The van der Waals surface area contributed by atoms with Gasteiger partial charge in [0.05, 0.1) is 28.4 Å². The highest BCUT2D eigenvalue weighted by Crippen LogP contribution is 2.42. The molecule has 0 heterocycles. The second-order valence-corrected chi connectivity index (χ2v) is 4.11. The molecule has 0 radical (unpaired) electrons. The highest BCUT2D eigenvalue weighted by molar-refractivity contribution is 5.79. The molecule has 106 valence electrons. The zero-order valence-electron chi connectivity index (χ0n) is 12.1. The van der Waals surface area contributed by atoms with Crippen LogP contribution < -0.4 is 18.9 Å². The minimum atomic E-state index is 0.679. The molecule has 2 aromatic carbocycles. The second-order valence-electron chi connectivity index (χ2n) is 4.11. The smallest absolute Gasteiger partial charge is 0.168 e. The summed E-state index contributed by atoms with van der Waals surface area (Å²) < 4.78 is 21.4. The molecule has 0 aliphatic carbocycles. The summed E-state index contributed by atoms with van der Waals surface area (Å²) in [7, 11) is 6.50. The first-order valence-corrected chi connectivity index (χ1v) is 6.18. The Bertz CT molecular complexity index is 593. The Morgan fingerprint density at radius 3 is 2.00 bits per heavy atom. The normalized spacial score (nSPS) is 10.0. The van der Waals surface area contributed by atoms with Gasteiger partial charge in [0.2, 0.25) is 0 Å². The van der Waals surface area contributed by atoms with E-state index in [9.17, 15) is 0 Å². The van der Waals surface area contributed by atoms with Crippen LogP contribution in [0, 0.1) is 0 Å². The number of benzene rings is 2. The predicted molar refractivity (Wildman–Crippen MR) is 78.1 cm³/mol. The van der Waals surface area contributed by atoms with Crippen LogP contribution in [0.3, 0.4) is 0 Å². The van der Waals surface area contributed by atoms with E-state index in [2.05, 4.69) is 0 Å². The molecular formula is C16H18O4. The van der Waals surface area contributed by atoms with Gasteiger partial charge >= 0.3 is 0 Å². The third kappa shape index (κ3) is 2.50. The number of hydrogen-bond donors (Lipinski definition) is 0. The highest BCUT2D eigenvalue weighted by Gasteiger charge is 2.15. The molecule has 0 saturated carbocycles. The molecule has 0 bridgehead atoms. The van der Waals surface area contributed by atoms with Crippen molar-refractivity contribution in [1.29, 1.82) is 0 Å². The fraction of sp³-hybridized carbons (Fsp3) is 0.250. The molecule has 0 aromatic heterocycles. The van der Waals surface area contributed by atoms with Gasteiger partial charge in [0.1, 0.15) is 11.5 Å². The summed E-state index contributed by atoms with van der Waals surface area (Å²) in [6.45, 7) is 0. The van der Waals surface area contributed by atoms with Gasteiger partial charge in [0, 0.05) is 17.2 Å². The molecule has 0 amide bonds. The van der Waals surface area contributed by atoms with Crippen molar-refractivity contribution in [3.63, 3.8) is 0 Å². The SMILES string of the molecule is COc1ccc(-c2cccc(OC)c2OC)c(OC)c1. The molecule has 2 rings (SSSR count). The van der Waals surface area contributed by atoms with E-state index < -0.39 is 0 Å². The van der Waals surface area contributed by atoms with Crippen molar-refractivity contribution in [3.05, 3.63) is 36.4 Å². The van der Waals surface area contributed by atoms with Gasteiger partial charge in [-0.05, 0) is 18.2 Å². The van der Waals surface area contributed by atoms with Gasteiger partial charge in [-0.15, -0.1) is 0 Å². The summed E-state index contributed by atoms with van der Waals surface area (Å²) >= 11 is 0. The van der Waals surface area contributed by atoms with Crippen LogP contribution in [-0.2, 0) is 0 Å². The van der Waals surface area contributed by atoms with Crippen molar-refractivity contribution in [2.75, 3.05) is 28.4 Å². The minimum Gasteiger partial charge on any atom is -0.497 e. The molecule has 0 fully saturated rings. The van der Waals surface area contributed by atoms with E-state index in [4.69, 9.17) is 18.9 Å². The fourth-order valence-electron chi connectivity index (χ4n) is 2.12. The maximum absolute atomic E-state index is 5.47. The first kappa shape index (κ1) is 14.1. The van der Waals surface area contributed by atoms with Crippen LogP contribution in [0.1, 0.15) is 0 Å². The Morgan fingerprint density at radius 2 is 1.40 bits per heavy atom. The number of para-hydroxylation sites is 1. The summed E-state index contributed by atoms with van der Waals surface area (Å²) in [4.78, 5) is 0. The van der Waals surface area contributed by atoms with Gasteiger partial charge in [-0.3, -0.25) is 0 Å². The standard InChI is InChI=1S/C16H18O4/c1-17-11-8-9-12(15(10-11)19-3)13-6-5-7-14(18-2)16(13)20-4/h5-10H,1-4H3. The molecule has 0 atom stereocenters. The quantitative estimate of drug-likeness (QED) is 0.837. The average Bonchev–Trinajstić information content (AvgIpc) is 2.53. The number of rotatable bonds is 5. The highest BCUT2D eigenvalue weighted by atomic mass is 16.5. The summed E-state index contributed by atoms with van der Waals surface area (Å²) in [6, 6.07) is 11.4. The summed E-state index contributed by atoms with van der Waals surface area (Å²) in [6.07, 6.45) is 0. The Balaban J connectivity index is 2.62. The van der Waals surface area contributed by atoms with E-state index in [-0.39, 0.29) is 0 Å². The maximum Gasteiger partial charge on any atom is 0.168 e. The first-order chi connectivity index (χ1) is 9.74. The molecule has 0 aliphatic rings. The van der Waals surface area contributed by atoms with Crippen molar-refractivity contribution in [1.82, 2.24) is 0 Å². The molecule has 0 unspecified atom stereocenters. The summed E-state index contributed by atoms with van der Waals surface area (Å²) in [5, 5.41) is 0. The lowest BCUT2D eigenvalue weighted by Crippen LogP contribution is -1.95. The number of methoxy groups -OCH3 is 4. The van der Waals surface area contributed by atoms with E-state index in [1.807, 2.05) is 36.4 Å². The topological polar surface area (TPSA) is 36.9 Å². The monoisotopic (exact) mass is 274 g/mol. The van der Waals surface area contributed by atoms with Crippen LogP contribution in [0.15, 0.2) is 36.4 Å². The van der Waals surface area contributed by atoms with E-state index in [1.54, 1.807) is 28.4 Å². The molecule has 0 spiro atoms. The van der Waals surface area contributed by atoms with Gasteiger partial charge in [0.25, 0.3) is 0 Å². The van der Waals surface area contributed by atoms with Crippen LogP contribution in [0.4, 0.5) is 0 Å². The van der Waals surface area contributed by atoms with Crippen LogP contribution in [-0.4, -0.2) is 28.4 Å². The van der Waals surface area contributed by atoms with Crippen LogP contribution >= 0.6 is 0 Å². The lowest BCUT2D eigenvalue weighted by atomic mass is 10.0.